The molecule has 1 aliphatic heterocycles. The third-order valence-electron chi connectivity index (χ3n) is 2.01. The van der Waals surface area contributed by atoms with Crippen molar-refractivity contribution >= 4 is 19.9 Å². The predicted octanol–water partition coefficient (Wildman–Crippen LogP) is 0.741. The molecule has 1 unspecified atom stereocenters. The van der Waals surface area contributed by atoms with Crippen LogP contribution in [-0.2, 0) is 9.59 Å². The van der Waals surface area contributed by atoms with Crippen molar-refractivity contribution in [2.75, 3.05) is 0 Å². The van der Waals surface area contributed by atoms with Crippen LogP contribution in [0, 0.1) is 0 Å². The zero-order valence-corrected chi connectivity index (χ0v) is 8.10. The van der Waals surface area contributed by atoms with Gasteiger partial charge in [0.1, 0.15) is 0 Å². The molecule has 0 spiro atoms. The first-order valence-corrected chi connectivity index (χ1v) is 7.32. The number of rotatable bonds is 1. The molecule has 0 bridgehead atoms. The van der Waals surface area contributed by atoms with Gasteiger partial charge in [0.15, 0.2) is 0 Å². The second kappa shape index (κ2) is 2.44. The van der Waals surface area contributed by atoms with Crippen LogP contribution >= 0.6 is 0 Å². The van der Waals surface area contributed by atoms with Gasteiger partial charge in [-0.25, -0.2) is 0 Å². The second-order valence-corrected chi connectivity index (χ2v) is 9.46. The summed E-state index contributed by atoms with van der Waals surface area (Å²) in [6.45, 7) is 6.32. The van der Waals surface area contributed by atoms with Gasteiger partial charge in [-0.1, -0.05) is 19.6 Å². The normalized spacial score (nSPS) is 25.5. The maximum Gasteiger partial charge on any atom is 0.227 e. The Bertz CT molecular complexity index is 207. The molecule has 3 nitrogen and oxygen atoms in total. The zero-order chi connectivity index (χ0) is 8.65. The first kappa shape index (κ1) is 8.45. The lowest BCUT2D eigenvalue weighted by Gasteiger charge is -2.20. The molecule has 1 N–H and O–H groups in total. The van der Waals surface area contributed by atoms with Crippen molar-refractivity contribution in [3.8, 4) is 0 Å². The minimum absolute atomic E-state index is 0.00463. The van der Waals surface area contributed by atoms with Gasteiger partial charge in [0.2, 0.25) is 11.8 Å². The summed E-state index contributed by atoms with van der Waals surface area (Å²) in [5.41, 5.74) is -0.00463. The van der Waals surface area contributed by atoms with Gasteiger partial charge in [-0.05, 0) is 0 Å². The lowest BCUT2D eigenvalue weighted by molar-refractivity contribution is -0.124. The van der Waals surface area contributed by atoms with Gasteiger partial charge < -0.3 is 0 Å². The van der Waals surface area contributed by atoms with Crippen LogP contribution in [0.25, 0.3) is 0 Å². The van der Waals surface area contributed by atoms with Crippen LogP contribution < -0.4 is 5.32 Å². The Morgan fingerprint density at radius 1 is 1.36 bits per heavy atom. The average molecular weight is 171 g/mol. The number of imide groups is 1. The molecule has 62 valence electrons. The van der Waals surface area contributed by atoms with Gasteiger partial charge >= 0.3 is 0 Å². The van der Waals surface area contributed by atoms with Crippen LogP contribution in [0.15, 0.2) is 0 Å². The van der Waals surface area contributed by atoms with Crippen molar-refractivity contribution in [3.63, 3.8) is 0 Å². The van der Waals surface area contributed by atoms with Gasteiger partial charge in [-0.15, -0.1) is 0 Å². The Labute approximate surface area is 67.2 Å². The molecule has 1 rings (SSSR count). The van der Waals surface area contributed by atoms with Crippen molar-refractivity contribution in [3.05, 3.63) is 0 Å². The molecule has 0 radical (unpaired) electrons. The Morgan fingerprint density at radius 2 is 1.91 bits per heavy atom. The van der Waals surface area contributed by atoms with E-state index >= 15 is 0 Å². The standard InChI is InChI=1S/C7H13NO2Si/c1-11(2,3)5-4-6(9)8-7(5)10/h5H,4H2,1-3H3,(H,8,9,10). The van der Waals surface area contributed by atoms with Crippen molar-refractivity contribution in [2.45, 2.75) is 31.6 Å². The Balaban J connectivity index is 2.76. The molecule has 0 aliphatic carbocycles. The van der Waals surface area contributed by atoms with E-state index in [1.54, 1.807) is 0 Å². The highest BCUT2D eigenvalue weighted by molar-refractivity contribution is 6.81. The molecule has 0 aromatic rings. The van der Waals surface area contributed by atoms with Gasteiger partial charge in [0.25, 0.3) is 0 Å². The number of hydrogen-bond acceptors (Lipinski definition) is 2. The molecule has 2 amide bonds. The third kappa shape index (κ3) is 1.68. The van der Waals surface area contributed by atoms with Gasteiger partial charge in [-0.3, -0.25) is 14.9 Å². The minimum atomic E-state index is -1.46. The lowest BCUT2D eigenvalue weighted by atomic mass is 10.3. The Morgan fingerprint density at radius 3 is 2.09 bits per heavy atom. The largest absolute Gasteiger partial charge is 0.296 e. The Hall–Kier alpha value is -0.643. The van der Waals surface area contributed by atoms with Crippen LogP contribution in [0.3, 0.4) is 0 Å². The number of carbonyl (C=O) groups is 2. The van der Waals surface area contributed by atoms with Crippen molar-refractivity contribution in [1.29, 1.82) is 0 Å². The highest BCUT2D eigenvalue weighted by atomic mass is 28.3. The summed E-state index contributed by atoms with van der Waals surface area (Å²) in [4.78, 5) is 21.9. The predicted molar refractivity (Wildman–Crippen MR) is 44.9 cm³/mol. The van der Waals surface area contributed by atoms with E-state index in [1.807, 2.05) is 0 Å². The summed E-state index contributed by atoms with van der Waals surface area (Å²) < 4.78 is 0. The number of carbonyl (C=O) groups excluding carboxylic acids is 2. The SMILES string of the molecule is C[Si](C)(C)C1CC(=O)NC1=O. The molecule has 0 aromatic heterocycles. The molecule has 1 saturated heterocycles. The first-order valence-electron chi connectivity index (χ1n) is 3.75. The van der Waals surface area contributed by atoms with Crippen molar-refractivity contribution in [2.24, 2.45) is 0 Å². The molecule has 1 aliphatic rings. The summed E-state index contributed by atoms with van der Waals surface area (Å²) in [7, 11) is -1.46. The summed E-state index contributed by atoms with van der Waals surface area (Å²) in [5, 5.41) is 2.33. The van der Waals surface area contributed by atoms with E-state index in [-0.39, 0.29) is 17.4 Å². The number of amides is 2. The molecule has 4 heteroatoms. The van der Waals surface area contributed by atoms with Gasteiger partial charge in [-0.2, -0.15) is 0 Å². The smallest absolute Gasteiger partial charge is 0.227 e. The van der Waals surface area contributed by atoms with E-state index in [1.165, 1.54) is 0 Å². The van der Waals surface area contributed by atoms with Crippen LogP contribution in [0.5, 0.6) is 0 Å². The van der Waals surface area contributed by atoms with Crippen LogP contribution in [0.1, 0.15) is 6.42 Å². The van der Waals surface area contributed by atoms with Gasteiger partial charge in [0, 0.05) is 12.0 Å². The van der Waals surface area contributed by atoms with Crippen LogP contribution in [0.2, 0.25) is 25.2 Å². The maximum absolute atomic E-state index is 11.1. The van der Waals surface area contributed by atoms with Crippen LogP contribution in [-0.4, -0.2) is 19.9 Å². The highest BCUT2D eigenvalue weighted by Gasteiger charge is 2.39. The molecular weight excluding hydrogens is 158 g/mol. The number of nitrogens with one attached hydrogen (secondary N) is 1. The summed E-state index contributed by atoms with van der Waals surface area (Å²) in [6, 6.07) is 0. The molecular formula is C7H13NO2Si. The fourth-order valence-corrected chi connectivity index (χ4v) is 2.91. The fourth-order valence-electron chi connectivity index (χ4n) is 1.25. The van der Waals surface area contributed by atoms with Crippen LogP contribution in [0.4, 0.5) is 0 Å². The van der Waals surface area contributed by atoms with E-state index in [0.717, 1.165) is 0 Å². The van der Waals surface area contributed by atoms with E-state index < -0.39 is 8.07 Å². The van der Waals surface area contributed by atoms with E-state index in [0.29, 0.717) is 6.42 Å². The quantitative estimate of drug-likeness (QED) is 0.467. The van der Waals surface area contributed by atoms with E-state index in [2.05, 4.69) is 25.0 Å². The monoisotopic (exact) mass is 171 g/mol. The van der Waals surface area contributed by atoms with Crippen molar-refractivity contribution < 1.29 is 9.59 Å². The molecule has 11 heavy (non-hydrogen) atoms. The average Bonchev–Trinajstić information content (AvgIpc) is 2.08. The number of hydrogen-bond donors (Lipinski definition) is 1. The second-order valence-electron chi connectivity index (χ2n) is 4.04. The van der Waals surface area contributed by atoms with Gasteiger partial charge in [0.05, 0.1) is 8.07 Å². The molecule has 1 heterocycles. The fraction of sp³-hybridized carbons (Fsp3) is 0.714. The molecule has 1 fully saturated rings. The van der Waals surface area contributed by atoms with E-state index in [9.17, 15) is 9.59 Å². The lowest BCUT2D eigenvalue weighted by Crippen LogP contribution is -2.33. The minimum Gasteiger partial charge on any atom is -0.296 e. The summed E-state index contributed by atoms with van der Waals surface area (Å²) >= 11 is 0. The first-order chi connectivity index (χ1) is 4.91. The van der Waals surface area contributed by atoms with Crippen molar-refractivity contribution in [1.82, 2.24) is 5.32 Å². The zero-order valence-electron chi connectivity index (χ0n) is 7.10. The summed E-state index contributed by atoms with van der Waals surface area (Å²) in [6.07, 6.45) is 0.411. The highest BCUT2D eigenvalue weighted by Crippen LogP contribution is 2.28. The topological polar surface area (TPSA) is 46.2 Å². The Kier molecular flexibility index (Phi) is 1.88. The van der Waals surface area contributed by atoms with E-state index in [4.69, 9.17) is 0 Å². The summed E-state index contributed by atoms with van der Waals surface area (Å²) in [5.74, 6) is -0.170. The molecule has 0 aromatic carbocycles. The maximum atomic E-state index is 11.1. The molecule has 1 atom stereocenters. The third-order valence-corrected chi connectivity index (χ3v) is 4.57. The molecule has 0 saturated carbocycles.